The predicted octanol–water partition coefficient (Wildman–Crippen LogP) is 6.14. The van der Waals surface area contributed by atoms with Gasteiger partial charge in [-0.25, -0.2) is 4.79 Å². The number of nitrogens with one attached hydrogen (secondary N) is 1. The molecule has 0 bridgehead atoms. The maximum atomic E-state index is 12.4. The van der Waals surface area contributed by atoms with Crippen molar-refractivity contribution in [1.82, 2.24) is 0 Å². The van der Waals surface area contributed by atoms with Crippen molar-refractivity contribution in [3.8, 4) is 11.8 Å². The molecule has 0 saturated heterocycles. The number of benzene rings is 3. The number of rotatable bonds is 4. The van der Waals surface area contributed by atoms with Crippen LogP contribution in [0.15, 0.2) is 72.8 Å². The molecule has 2 aliphatic rings. The Labute approximate surface area is 195 Å². The third kappa shape index (κ3) is 4.32. The number of hydrogen-bond acceptors (Lipinski definition) is 3. The summed E-state index contributed by atoms with van der Waals surface area (Å²) in [7, 11) is 0. The maximum Gasteiger partial charge on any atom is 0.412 e. The van der Waals surface area contributed by atoms with Crippen molar-refractivity contribution in [1.29, 1.82) is 0 Å². The van der Waals surface area contributed by atoms with Gasteiger partial charge in [-0.2, -0.15) is 0 Å². The van der Waals surface area contributed by atoms with E-state index in [1.165, 1.54) is 27.9 Å². The molecule has 3 aromatic rings. The number of carbonyl (C=O) groups excluding carboxylic acids is 1. The number of hydrogen-bond donors (Lipinski definition) is 1. The Balaban J connectivity index is 1.59. The number of carbonyl (C=O) groups is 1. The van der Waals surface area contributed by atoms with E-state index in [0.717, 1.165) is 31.6 Å². The van der Waals surface area contributed by atoms with E-state index in [1.54, 1.807) is 6.92 Å². The van der Waals surface area contributed by atoms with Crippen LogP contribution in [-0.2, 0) is 4.74 Å². The van der Waals surface area contributed by atoms with Crippen LogP contribution in [0.2, 0.25) is 0 Å². The molecule has 2 heterocycles. The highest BCUT2D eigenvalue weighted by molar-refractivity contribution is 5.86. The van der Waals surface area contributed by atoms with E-state index in [9.17, 15) is 4.79 Å². The number of amides is 1. The van der Waals surface area contributed by atoms with Gasteiger partial charge in [-0.3, -0.25) is 5.32 Å². The number of nitrogens with zero attached hydrogens (tertiary/aromatic N) is 1. The highest BCUT2D eigenvalue weighted by atomic mass is 16.5. The second-order valence-corrected chi connectivity index (χ2v) is 8.62. The van der Waals surface area contributed by atoms with Crippen molar-refractivity contribution in [2.75, 3.05) is 29.9 Å². The zero-order valence-corrected chi connectivity index (χ0v) is 18.9. The van der Waals surface area contributed by atoms with Crippen molar-refractivity contribution in [3.63, 3.8) is 0 Å². The summed E-state index contributed by atoms with van der Waals surface area (Å²) in [5, 5.41) is 2.96. The van der Waals surface area contributed by atoms with Gasteiger partial charge in [0.2, 0.25) is 0 Å². The molecule has 0 aliphatic carbocycles. The monoisotopic (exact) mass is 436 g/mol. The van der Waals surface area contributed by atoms with Crippen molar-refractivity contribution in [3.05, 3.63) is 95.1 Å². The van der Waals surface area contributed by atoms with Gasteiger partial charge in [-0.1, -0.05) is 66.6 Å². The van der Waals surface area contributed by atoms with E-state index >= 15 is 0 Å². The lowest BCUT2D eigenvalue weighted by molar-refractivity contribution is 0.176. The predicted molar refractivity (Wildman–Crippen MR) is 133 cm³/mol. The van der Waals surface area contributed by atoms with Crippen LogP contribution in [0, 0.1) is 11.8 Å². The van der Waals surface area contributed by atoms with E-state index < -0.39 is 6.09 Å². The zero-order valence-electron chi connectivity index (χ0n) is 18.9. The highest BCUT2D eigenvalue weighted by Crippen LogP contribution is 2.49. The molecule has 5 rings (SSSR count). The molecule has 2 unspecified atom stereocenters. The summed E-state index contributed by atoms with van der Waals surface area (Å²) in [6.07, 6.45) is 1.65. The molecule has 4 heteroatoms. The van der Waals surface area contributed by atoms with Gasteiger partial charge in [0.25, 0.3) is 0 Å². The molecule has 0 spiro atoms. The van der Waals surface area contributed by atoms with E-state index in [4.69, 9.17) is 4.74 Å². The van der Waals surface area contributed by atoms with Crippen molar-refractivity contribution in [2.45, 2.75) is 31.6 Å². The second-order valence-electron chi connectivity index (χ2n) is 8.62. The van der Waals surface area contributed by atoms with Crippen LogP contribution >= 0.6 is 0 Å². The molecule has 33 heavy (non-hydrogen) atoms. The van der Waals surface area contributed by atoms with Gasteiger partial charge in [0.05, 0.1) is 0 Å². The largest absolute Gasteiger partial charge is 0.436 e. The molecular weight excluding hydrogens is 408 g/mol. The lowest BCUT2D eigenvalue weighted by atomic mass is 9.76. The summed E-state index contributed by atoms with van der Waals surface area (Å²) in [5.41, 5.74) is 7.33. The lowest BCUT2D eigenvalue weighted by Gasteiger charge is -2.43. The first-order valence-corrected chi connectivity index (χ1v) is 11.6. The summed E-state index contributed by atoms with van der Waals surface area (Å²) in [4.78, 5) is 15.0. The van der Waals surface area contributed by atoms with Gasteiger partial charge in [-0.15, -0.1) is 5.92 Å². The Hall–Kier alpha value is -3.71. The van der Waals surface area contributed by atoms with Crippen molar-refractivity contribution in [2.24, 2.45) is 0 Å². The van der Waals surface area contributed by atoms with Crippen molar-refractivity contribution < 1.29 is 9.53 Å². The van der Waals surface area contributed by atoms with Gasteiger partial charge in [0.1, 0.15) is 0 Å². The molecule has 2 aliphatic heterocycles. The van der Waals surface area contributed by atoms with Crippen molar-refractivity contribution >= 4 is 17.5 Å². The summed E-state index contributed by atoms with van der Waals surface area (Å²) in [6, 6.07) is 25.7. The van der Waals surface area contributed by atoms with E-state index in [1.807, 2.05) is 0 Å². The maximum absolute atomic E-state index is 12.4. The molecular formula is C29H28N2O2. The summed E-state index contributed by atoms with van der Waals surface area (Å²) < 4.78 is 5.23. The third-order valence-corrected chi connectivity index (χ3v) is 6.71. The third-order valence-electron chi connectivity index (χ3n) is 6.71. The molecule has 0 fully saturated rings. The average molecular weight is 437 g/mol. The smallest absolute Gasteiger partial charge is 0.412 e. The zero-order chi connectivity index (χ0) is 22.6. The molecule has 1 amide bonds. The molecule has 2 atom stereocenters. The summed E-state index contributed by atoms with van der Waals surface area (Å²) >= 11 is 0. The van der Waals surface area contributed by atoms with Gasteiger partial charge in [0, 0.05) is 36.3 Å². The molecule has 3 aromatic carbocycles. The first-order chi connectivity index (χ1) is 16.2. The molecule has 0 aromatic heterocycles. The summed E-state index contributed by atoms with van der Waals surface area (Å²) in [6.45, 7) is 3.92. The van der Waals surface area contributed by atoms with Crippen LogP contribution in [0.1, 0.15) is 53.9 Å². The Kier molecular flexibility index (Phi) is 6.04. The molecule has 1 N–H and O–H groups in total. The van der Waals surface area contributed by atoms with E-state index in [-0.39, 0.29) is 6.61 Å². The van der Waals surface area contributed by atoms with Gasteiger partial charge < -0.3 is 9.64 Å². The molecule has 166 valence electrons. The fraction of sp³-hybridized carbons (Fsp3) is 0.276. The number of anilines is 2. The first-order valence-electron chi connectivity index (χ1n) is 11.6. The van der Waals surface area contributed by atoms with Gasteiger partial charge in [-0.05, 0) is 54.2 Å². The lowest BCUT2D eigenvalue weighted by Crippen LogP contribution is -2.37. The van der Waals surface area contributed by atoms with Crippen LogP contribution in [0.3, 0.4) is 0 Å². The summed E-state index contributed by atoms with van der Waals surface area (Å²) in [5.74, 6) is 6.12. The second kappa shape index (κ2) is 9.42. The minimum Gasteiger partial charge on any atom is -0.436 e. The fourth-order valence-electron chi connectivity index (χ4n) is 5.26. The Bertz CT molecular complexity index is 1120. The van der Waals surface area contributed by atoms with E-state index in [2.05, 4.69) is 94.9 Å². The normalized spacial score (nSPS) is 18.5. The van der Waals surface area contributed by atoms with Gasteiger partial charge in [0.15, 0.2) is 6.61 Å². The van der Waals surface area contributed by atoms with Crippen LogP contribution in [-0.4, -0.2) is 25.8 Å². The van der Waals surface area contributed by atoms with Crippen LogP contribution in [0.4, 0.5) is 16.2 Å². The highest BCUT2D eigenvalue weighted by Gasteiger charge is 2.35. The molecule has 4 nitrogen and oxygen atoms in total. The number of ether oxygens (including phenoxy) is 1. The van der Waals surface area contributed by atoms with Crippen LogP contribution in [0.25, 0.3) is 0 Å². The SMILES string of the molecule is CC#CCOC(=O)Nc1cc2c3c(c1)C(c1ccccc1)CCN3CCC2c1ccccc1. The van der Waals surface area contributed by atoms with E-state index in [0.29, 0.717) is 11.8 Å². The molecule has 0 radical (unpaired) electrons. The Morgan fingerprint density at radius 2 is 1.48 bits per heavy atom. The Morgan fingerprint density at radius 1 is 0.939 bits per heavy atom. The Morgan fingerprint density at radius 3 is 2.00 bits per heavy atom. The fourth-order valence-corrected chi connectivity index (χ4v) is 5.26. The standard InChI is InChI=1S/C29H28N2O2/c1-2-3-18-33-29(32)30-23-19-26-24(21-10-6-4-7-11-21)14-16-31-17-15-25(27(20-23)28(26)31)22-12-8-5-9-13-22/h4-13,19-20,24-25H,14-18H2,1H3,(H,30,32). The topological polar surface area (TPSA) is 41.6 Å². The molecule has 0 saturated carbocycles. The average Bonchev–Trinajstić information content (AvgIpc) is 2.85. The minimum absolute atomic E-state index is 0.0905. The van der Waals surface area contributed by atoms with Crippen LogP contribution < -0.4 is 10.2 Å². The first kappa shape index (κ1) is 21.2. The quantitative estimate of drug-likeness (QED) is 0.500. The minimum atomic E-state index is -0.471. The van der Waals surface area contributed by atoms with Gasteiger partial charge >= 0.3 is 6.09 Å². The van der Waals surface area contributed by atoms with Crippen LogP contribution in [0.5, 0.6) is 0 Å².